The number of para-hydroxylation sites is 1. The zero-order valence-electron chi connectivity index (χ0n) is 28.4. The third kappa shape index (κ3) is 2.98. The maximum absolute atomic E-state index is 9.20. The number of rotatable bonds is 2. The first-order valence-electron chi connectivity index (χ1n) is 16.5. The van der Waals surface area contributed by atoms with E-state index in [1.807, 2.05) is 48.5 Å². The standard InChI is InChI=1S/C36H22O/c1-2-12-25-23(10-1)11-9-18-27(25)36-30-16-5-3-14-28(30)35(29-15-4-6-17-31(29)36)24-20-21-34-32(22-24)26-13-7-8-19-33(26)37-34/h1-22H/i3D,4D,5D,6D,14D,15D,16D,17D,19D. The van der Waals surface area contributed by atoms with Gasteiger partial charge in [-0.25, -0.2) is 0 Å². The molecule has 0 amide bonds. The molecule has 37 heavy (non-hydrogen) atoms. The Hall–Kier alpha value is -4.88. The second-order valence-electron chi connectivity index (χ2n) is 9.00. The molecule has 0 spiro atoms. The van der Waals surface area contributed by atoms with Crippen molar-refractivity contribution in [2.24, 2.45) is 0 Å². The van der Waals surface area contributed by atoms with Crippen LogP contribution in [0.25, 0.3) is 76.5 Å². The molecule has 8 aromatic rings. The molecule has 0 saturated heterocycles. The summed E-state index contributed by atoms with van der Waals surface area (Å²) in [5.41, 5.74) is 2.58. The molecule has 8 rings (SSSR count). The highest BCUT2D eigenvalue weighted by Crippen LogP contribution is 2.45. The van der Waals surface area contributed by atoms with Gasteiger partial charge in [0.1, 0.15) is 11.2 Å². The number of furan rings is 1. The Morgan fingerprint density at radius 3 is 1.89 bits per heavy atom. The third-order valence-electron chi connectivity index (χ3n) is 7.02. The van der Waals surface area contributed by atoms with E-state index in [0.29, 0.717) is 38.6 Å². The molecule has 0 bridgehead atoms. The minimum absolute atomic E-state index is 0.153. The van der Waals surface area contributed by atoms with Gasteiger partial charge in [0.2, 0.25) is 0 Å². The topological polar surface area (TPSA) is 13.1 Å². The number of fused-ring (bicyclic) bond motifs is 6. The van der Waals surface area contributed by atoms with Gasteiger partial charge in [-0.2, -0.15) is 0 Å². The Morgan fingerprint density at radius 1 is 0.459 bits per heavy atom. The molecular weight excluding hydrogens is 448 g/mol. The summed E-state index contributed by atoms with van der Waals surface area (Å²) in [6.45, 7) is 0. The van der Waals surface area contributed by atoms with Crippen LogP contribution in [0.5, 0.6) is 0 Å². The first kappa shape index (κ1) is 13.4. The van der Waals surface area contributed by atoms with E-state index in [9.17, 15) is 5.48 Å². The maximum atomic E-state index is 9.20. The lowest BCUT2D eigenvalue weighted by molar-refractivity contribution is 0.669. The highest BCUT2D eigenvalue weighted by atomic mass is 16.3. The van der Waals surface area contributed by atoms with Crippen LogP contribution >= 0.6 is 0 Å². The highest BCUT2D eigenvalue weighted by molar-refractivity contribution is 6.24. The molecule has 0 N–H and O–H groups in total. The van der Waals surface area contributed by atoms with Crippen LogP contribution in [0.3, 0.4) is 0 Å². The van der Waals surface area contributed by atoms with E-state index < -0.39 is 24.2 Å². The Kier molecular flexibility index (Phi) is 2.84. The monoisotopic (exact) mass is 479 g/mol. The fourth-order valence-electron chi connectivity index (χ4n) is 5.44. The molecule has 1 heterocycles. The van der Waals surface area contributed by atoms with Gasteiger partial charge in [0.25, 0.3) is 0 Å². The van der Waals surface area contributed by atoms with Crippen LogP contribution in [0.15, 0.2) is 138 Å². The van der Waals surface area contributed by atoms with E-state index in [1.165, 1.54) is 0 Å². The summed E-state index contributed by atoms with van der Waals surface area (Å²) in [5.74, 6) is 0. The first-order chi connectivity index (χ1) is 22.1. The SMILES string of the molecule is [2H]c1c([2H])c([2H])c2c(-c3cccc4ccccc34)c3c([2H])c([2H])c([2H])c([2H])c3c(-c3ccc4oc5c([2H])cccc5c4c3)c2c1[2H]. The lowest BCUT2D eigenvalue weighted by Crippen LogP contribution is -1.91. The molecule has 0 aliphatic heterocycles. The normalized spacial score (nSPS) is 15.2. The van der Waals surface area contributed by atoms with Gasteiger partial charge in [-0.05, 0) is 72.7 Å². The molecule has 7 aromatic carbocycles. The molecule has 1 aromatic heterocycles. The minimum atomic E-state index is -0.448. The highest BCUT2D eigenvalue weighted by Gasteiger charge is 2.18. The average molecular weight is 480 g/mol. The maximum Gasteiger partial charge on any atom is 0.135 e. The molecule has 0 atom stereocenters. The fraction of sp³-hybridized carbons (Fsp3) is 0. The predicted molar refractivity (Wildman–Crippen MR) is 157 cm³/mol. The minimum Gasteiger partial charge on any atom is -0.456 e. The van der Waals surface area contributed by atoms with Crippen molar-refractivity contribution in [1.29, 1.82) is 0 Å². The molecule has 172 valence electrons. The van der Waals surface area contributed by atoms with Crippen LogP contribution in [0.4, 0.5) is 0 Å². The Morgan fingerprint density at radius 2 is 1.11 bits per heavy atom. The summed E-state index contributed by atoms with van der Waals surface area (Å²) in [6.07, 6.45) is 0. The van der Waals surface area contributed by atoms with Crippen LogP contribution in [-0.4, -0.2) is 0 Å². The van der Waals surface area contributed by atoms with E-state index in [2.05, 4.69) is 0 Å². The largest absolute Gasteiger partial charge is 0.456 e. The van der Waals surface area contributed by atoms with Crippen LogP contribution in [-0.2, 0) is 0 Å². The van der Waals surface area contributed by atoms with Gasteiger partial charge in [0, 0.05) is 10.8 Å². The quantitative estimate of drug-likeness (QED) is 0.225. The zero-order chi connectivity index (χ0) is 32.2. The van der Waals surface area contributed by atoms with Crippen LogP contribution in [0.1, 0.15) is 12.3 Å². The smallest absolute Gasteiger partial charge is 0.135 e. The van der Waals surface area contributed by atoms with Crippen molar-refractivity contribution < 1.29 is 16.8 Å². The number of benzene rings is 7. The summed E-state index contributed by atoms with van der Waals surface area (Å²) in [4.78, 5) is 0. The van der Waals surface area contributed by atoms with Crippen molar-refractivity contribution in [3.63, 3.8) is 0 Å². The molecule has 0 saturated carbocycles. The van der Waals surface area contributed by atoms with Crippen molar-refractivity contribution in [3.8, 4) is 22.3 Å². The molecule has 0 aliphatic carbocycles. The molecule has 1 heteroatoms. The molecule has 0 radical (unpaired) electrons. The molecule has 1 nitrogen and oxygen atoms in total. The third-order valence-corrected chi connectivity index (χ3v) is 7.02. The fourth-order valence-corrected chi connectivity index (χ4v) is 5.44. The van der Waals surface area contributed by atoms with Gasteiger partial charge in [-0.1, -0.05) is 115 Å². The van der Waals surface area contributed by atoms with Crippen LogP contribution in [0, 0.1) is 0 Å². The molecule has 0 fully saturated rings. The van der Waals surface area contributed by atoms with E-state index in [1.54, 1.807) is 30.3 Å². The Labute approximate surface area is 226 Å². The average Bonchev–Trinajstić information content (AvgIpc) is 3.45. The second-order valence-corrected chi connectivity index (χ2v) is 9.00. The Balaban J connectivity index is 1.68. The van der Waals surface area contributed by atoms with Gasteiger partial charge in [0.05, 0.1) is 12.3 Å². The second kappa shape index (κ2) is 7.81. The van der Waals surface area contributed by atoms with Crippen LogP contribution in [0.2, 0.25) is 0 Å². The lowest BCUT2D eigenvalue weighted by Gasteiger charge is -2.18. The molecule has 0 unspecified atom stereocenters. The number of hydrogen-bond donors (Lipinski definition) is 0. The van der Waals surface area contributed by atoms with Gasteiger partial charge in [-0.3, -0.25) is 0 Å². The van der Waals surface area contributed by atoms with Crippen molar-refractivity contribution in [3.05, 3.63) is 133 Å². The predicted octanol–water partition coefficient (Wildman–Crippen LogP) is 10.4. The summed E-state index contributed by atoms with van der Waals surface area (Å²) in [5, 5.41) is 3.65. The lowest BCUT2D eigenvalue weighted by atomic mass is 9.84. The summed E-state index contributed by atoms with van der Waals surface area (Å²) >= 11 is 0. The first-order valence-corrected chi connectivity index (χ1v) is 12.0. The molecular formula is C36H22O. The van der Waals surface area contributed by atoms with Gasteiger partial charge >= 0.3 is 0 Å². The van der Waals surface area contributed by atoms with E-state index in [4.69, 9.17) is 11.3 Å². The molecule has 0 aliphatic rings. The van der Waals surface area contributed by atoms with E-state index in [0.717, 1.165) is 10.8 Å². The van der Waals surface area contributed by atoms with Gasteiger partial charge in [-0.15, -0.1) is 0 Å². The summed E-state index contributed by atoms with van der Waals surface area (Å²) in [7, 11) is 0. The summed E-state index contributed by atoms with van der Waals surface area (Å²) < 4.78 is 85.8. The zero-order valence-corrected chi connectivity index (χ0v) is 19.4. The van der Waals surface area contributed by atoms with Crippen molar-refractivity contribution >= 4 is 54.3 Å². The van der Waals surface area contributed by atoms with Gasteiger partial charge in [0.15, 0.2) is 0 Å². The van der Waals surface area contributed by atoms with E-state index >= 15 is 0 Å². The van der Waals surface area contributed by atoms with Gasteiger partial charge < -0.3 is 4.42 Å². The van der Waals surface area contributed by atoms with E-state index in [-0.39, 0.29) is 57.3 Å². The van der Waals surface area contributed by atoms with Crippen molar-refractivity contribution in [2.75, 3.05) is 0 Å². The van der Waals surface area contributed by atoms with Crippen molar-refractivity contribution in [2.45, 2.75) is 0 Å². The number of hydrogen-bond acceptors (Lipinski definition) is 1. The van der Waals surface area contributed by atoms with Crippen molar-refractivity contribution in [1.82, 2.24) is 0 Å². The van der Waals surface area contributed by atoms with Crippen LogP contribution < -0.4 is 0 Å². The summed E-state index contributed by atoms with van der Waals surface area (Å²) in [6, 6.07) is 20.8. The Bertz CT molecular complexity index is 2550.